The molecule has 0 saturated carbocycles. The van der Waals surface area contributed by atoms with Crippen LogP contribution in [0.4, 0.5) is 5.69 Å². The van der Waals surface area contributed by atoms with Crippen molar-refractivity contribution >= 4 is 17.5 Å². The minimum absolute atomic E-state index is 0.0212. The molecule has 0 spiro atoms. The number of amides is 2. The Morgan fingerprint density at radius 1 is 1.43 bits per heavy atom. The summed E-state index contributed by atoms with van der Waals surface area (Å²) in [6.07, 6.45) is 2.03. The molecule has 1 rings (SSSR count). The molecule has 21 heavy (non-hydrogen) atoms. The molecule has 1 unspecified atom stereocenters. The maximum atomic E-state index is 11.9. The van der Waals surface area contributed by atoms with Gasteiger partial charge in [-0.15, -0.1) is 0 Å². The molecule has 4 N–H and O–H groups in total. The normalized spacial score (nSPS) is 12.1. The first kappa shape index (κ1) is 16.2. The predicted octanol–water partition coefficient (Wildman–Crippen LogP) is 1.52. The number of carbonyl (C=O) groups is 2. The Labute approximate surface area is 123 Å². The Morgan fingerprint density at radius 2 is 2.10 bits per heavy atom. The van der Waals surface area contributed by atoms with Gasteiger partial charge in [-0.1, -0.05) is 19.1 Å². The number of hydrogen-bond donors (Lipinski definition) is 3. The first-order valence-electron chi connectivity index (χ1n) is 6.56. The highest BCUT2D eigenvalue weighted by Crippen LogP contribution is 2.14. The summed E-state index contributed by atoms with van der Waals surface area (Å²) in [7, 11) is 0. The zero-order chi connectivity index (χ0) is 15.8. The Hall–Kier alpha value is -2.81. The summed E-state index contributed by atoms with van der Waals surface area (Å²) >= 11 is 0. The molecule has 1 aromatic carbocycles. The van der Waals surface area contributed by atoms with Gasteiger partial charge in [-0.3, -0.25) is 9.59 Å². The Kier molecular flexibility index (Phi) is 5.96. The molecular formula is C15H18N4O2. The van der Waals surface area contributed by atoms with Crippen molar-refractivity contribution in [2.45, 2.75) is 26.3 Å². The van der Waals surface area contributed by atoms with Gasteiger partial charge in [0.05, 0.1) is 11.3 Å². The maximum Gasteiger partial charge on any atom is 0.263 e. The Morgan fingerprint density at radius 3 is 2.67 bits per heavy atom. The number of rotatable bonds is 6. The third-order valence-corrected chi connectivity index (χ3v) is 2.92. The van der Waals surface area contributed by atoms with Crippen molar-refractivity contribution in [1.82, 2.24) is 5.32 Å². The summed E-state index contributed by atoms with van der Waals surface area (Å²) in [5.74, 6) is -1.05. The first-order chi connectivity index (χ1) is 9.99. The number of para-hydroxylation sites is 1. The molecule has 0 bridgehead atoms. The van der Waals surface area contributed by atoms with E-state index in [1.165, 1.54) is 6.20 Å². The molecule has 6 heteroatoms. The van der Waals surface area contributed by atoms with Crippen LogP contribution in [0.2, 0.25) is 0 Å². The van der Waals surface area contributed by atoms with Gasteiger partial charge in [-0.05, 0) is 25.5 Å². The third kappa shape index (κ3) is 4.66. The number of primary amides is 1. The van der Waals surface area contributed by atoms with E-state index in [0.29, 0.717) is 5.69 Å². The monoisotopic (exact) mass is 286 g/mol. The molecule has 0 heterocycles. The Balaban J connectivity index is 2.89. The molecule has 2 amide bonds. The van der Waals surface area contributed by atoms with E-state index < -0.39 is 11.8 Å². The number of nitriles is 1. The van der Waals surface area contributed by atoms with Gasteiger partial charge < -0.3 is 16.4 Å². The largest absolute Gasteiger partial charge is 0.366 e. The molecule has 0 saturated heterocycles. The van der Waals surface area contributed by atoms with Gasteiger partial charge in [0, 0.05) is 12.2 Å². The molecule has 6 nitrogen and oxygen atoms in total. The summed E-state index contributed by atoms with van der Waals surface area (Å²) < 4.78 is 0. The van der Waals surface area contributed by atoms with Crippen LogP contribution in [-0.4, -0.2) is 17.9 Å². The summed E-state index contributed by atoms with van der Waals surface area (Å²) in [6, 6.07) is 8.39. The number of hydrogen-bond acceptors (Lipinski definition) is 4. The summed E-state index contributed by atoms with van der Waals surface area (Å²) in [6.45, 7) is 3.78. The van der Waals surface area contributed by atoms with Gasteiger partial charge >= 0.3 is 0 Å². The number of benzene rings is 1. The number of nitrogens with zero attached hydrogens (tertiary/aromatic N) is 1. The first-order valence-corrected chi connectivity index (χ1v) is 6.56. The van der Waals surface area contributed by atoms with Crippen LogP contribution in [0.15, 0.2) is 36.0 Å². The average molecular weight is 286 g/mol. The van der Waals surface area contributed by atoms with Crippen LogP contribution in [0.5, 0.6) is 0 Å². The van der Waals surface area contributed by atoms with Crippen molar-refractivity contribution in [3.8, 4) is 6.07 Å². The fourth-order valence-corrected chi connectivity index (χ4v) is 1.53. The average Bonchev–Trinajstić information content (AvgIpc) is 2.47. The fourth-order valence-electron chi connectivity index (χ4n) is 1.53. The van der Waals surface area contributed by atoms with Crippen molar-refractivity contribution in [3.05, 3.63) is 41.6 Å². The summed E-state index contributed by atoms with van der Waals surface area (Å²) in [5.41, 5.74) is 5.90. The number of carbonyl (C=O) groups excluding carboxylic acids is 2. The van der Waals surface area contributed by atoms with Gasteiger partial charge in [0.15, 0.2) is 0 Å². The number of nitrogens with two attached hydrogens (primary N) is 1. The quantitative estimate of drug-likeness (QED) is 0.544. The molecular weight excluding hydrogens is 268 g/mol. The SMILES string of the molecule is CCC(C)NC(=O)/C(C#N)=C\Nc1ccccc1C(N)=O. The van der Waals surface area contributed by atoms with Crippen LogP contribution in [0.3, 0.4) is 0 Å². The van der Waals surface area contributed by atoms with Gasteiger partial charge in [0.1, 0.15) is 11.6 Å². The second-order valence-corrected chi connectivity index (χ2v) is 4.51. The topological polar surface area (TPSA) is 108 Å². The lowest BCUT2D eigenvalue weighted by Gasteiger charge is -2.11. The lowest BCUT2D eigenvalue weighted by Crippen LogP contribution is -2.33. The van der Waals surface area contributed by atoms with Crippen LogP contribution < -0.4 is 16.4 Å². The highest BCUT2D eigenvalue weighted by Gasteiger charge is 2.12. The van der Waals surface area contributed by atoms with Crippen molar-refractivity contribution in [3.63, 3.8) is 0 Å². The second-order valence-electron chi connectivity index (χ2n) is 4.51. The van der Waals surface area contributed by atoms with Gasteiger partial charge in [-0.25, -0.2) is 0 Å². The lowest BCUT2D eigenvalue weighted by molar-refractivity contribution is -0.117. The second kappa shape index (κ2) is 7.70. The molecule has 0 aromatic heterocycles. The summed E-state index contributed by atoms with van der Waals surface area (Å²) in [5, 5.41) is 14.5. The molecule has 0 aliphatic heterocycles. The van der Waals surface area contributed by atoms with E-state index in [-0.39, 0.29) is 17.2 Å². The zero-order valence-electron chi connectivity index (χ0n) is 12.0. The van der Waals surface area contributed by atoms with Crippen LogP contribution in [-0.2, 0) is 4.79 Å². The smallest absolute Gasteiger partial charge is 0.263 e. The molecule has 0 fully saturated rings. The number of nitrogens with one attached hydrogen (secondary N) is 2. The lowest BCUT2D eigenvalue weighted by atomic mass is 10.1. The highest BCUT2D eigenvalue weighted by molar-refractivity contribution is 6.00. The van der Waals surface area contributed by atoms with Crippen LogP contribution >= 0.6 is 0 Å². The van der Waals surface area contributed by atoms with Crippen molar-refractivity contribution < 1.29 is 9.59 Å². The van der Waals surface area contributed by atoms with Crippen molar-refractivity contribution in [2.24, 2.45) is 5.73 Å². The molecule has 0 radical (unpaired) electrons. The van der Waals surface area contributed by atoms with Crippen LogP contribution in [0, 0.1) is 11.3 Å². The Bertz CT molecular complexity index is 602. The van der Waals surface area contributed by atoms with E-state index in [4.69, 9.17) is 11.0 Å². The molecule has 1 atom stereocenters. The third-order valence-electron chi connectivity index (χ3n) is 2.92. The predicted molar refractivity (Wildman–Crippen MR) is 80.2 cm³/mol. The van der Waals surface area contributed by atoms with Crippen LogP contribution in [0.1, 0.15) is 30.6 Å². The molecule has 1 aromatic rings. The fraction of sp³-hybridized carbons (Fsp3) is 0.267. The van der Waals surface area contributed by atoms with E-state index in [9.17, 15) is 9.59 Å². The van der Waals surface area contributed by atoms with Gasteiger partial charge in [0.2, 0.25) is 0 Å². The van der Waals surface area contributed by atoms with Crippen LogP contribution in [0.25, 0.3) is 0 Å². The minimum Gasteiger partial charge on any atom is -0.366 e. The van der Waals surface area contributed by atoms with Crippen molar-refractivity contribution in [2.75, 3.05) is 5.32 Å². The van der Waals surface area contributed by atoms with Gasteiger partial charge in [0.25, 0.3) is 11.8 Å². The van der Waals surface area contributed by atoms with E-state index in [1.54, 1.807) is 24.3 Å². The van der Waals surface area contributed by atoms with Crippen molar-refractivity contribution in [1.29, 1.82) is 5.26 Å². The highest BCUT2D eigenvalue weighted by atomic mass is 16.2. The zero-order valence-corrected chi connectivity index (χ0v) is 12.0. The van der Waals surface area contributed by atoms with E-state index in [1.807, 2.05) is 19.9 Å². The molecule has 0 aliphatic carbocycles. The maximum absolute atomic E-state index is 11.9. The standard InChI is InChI=1S/C15H18N4O2/c1-3-10(2)19-15(21)11(8-16)9-18-13-7-5-4-6-12(13)14(17)20/h4-7,9-10,18H,3H2,1-2H3,(H2,17,20)(H,19,21)/b11-9-. The summed E-state index contributed by atoms with van der Waals surface area (Å²) in [4.78, 5) is 23.1. The van der Waals surface area contributed by atoms with E-state index in [2.05, 4.69) is 10.6 Å². The molecule has 110 valence electrons. The molecule has 0 aliphatic rings. The van der Waals surface area contributed by atoms with Gasteiger partial charge in [-0.2, -0.15) is 5.26 Å². The van der Waals surface area contributed by atoms with E-state index in [0.717, 1.165) is 6.42 Å². The number of anilines is 1. The minimum atomic E-state index is -0.589. The van der Waals surface area contributed by atoms with E-state index >= 15 is 0 Å².